The number of aliphatic imine (C=N–C) groups is 1. The van der Waals surface area contributed by atoms with Gasteiger partial charge in [-0.3, -0.25) is 0 Å². The first-order valence-corrected chi connectivity index (χ1v) is 7.61. The third-order valence-electron chi connectivity index (χ3n) is 3.48. The topological polar surface area (TPSA) is 66.3 Å². The van der Waals surface area contributed by atoms with Crippen molar-refractivity contribution >= 4 is 17.9 Å². The molecule has 6 heteroatoms. The zero-order chi connectivity index (χ0) is 17.6. The molecule has 2 aromatic carbocycles. The highest BCUT2D eigenvalue weighted by Gasteiger charge is 2.23. The van der Waals surface area contributed by atoms with Gasteiger partial charge in [0.2, 0.25) is 5.90 Å². The molecule has 0 saturated carbocycles. The molecular weight excluding hydrogens is 322 g/mol. The van der Waals surface area contributed by atoms with E-state index in [9.17, 15) is 4.79 Å². The fraction of sp³-hybridized carbons (Fsp3) is 0.158. The van der Waals surface area contributed by atoms with Gasteiger partial charge < -0.3 is 18.9 Å². The largest absolute Gasteiger partial charge is 0.493 e. The maximum Gasteiger partial charge on any atom is 0.363 e. The normalized spacial score (nSPS) is 14.9. The van der Waals surface area contributed by atoms with Crippen LogP contribution < -0.4 is 14.2 Å². The highest BCUT2D eigenvalue weighted by molar-refractivity contribution is 6.07. The third kappa shape index (κ3) is 3.98. The van der Waals surface area contributed by atoms with Crippen LogP contribution in [0.2, 0.25) is 0 Å². The van der Waals surface area contributed by atoms with Crippen LogP contribution in [0, 0.1) is 0 Å². The van der Waals surface area contributed by atoms with Crippen molar-refractivity contribution in [2.24, 2.45) is 4.99 Å². The van der Waals surface area contributed by atoms with Gasteiger partial charge in [-0.2, -0.15) is 0 Å². The summed E-state index contributed by atoms with van der Waals surface area (Å²) in [5.41, 5.74) is 0.956. The quantitative estimate of drug-likeness (QED) is 0.598. The highest BCUT2D eigenvalue weighted by atomic mass is 16.6. The van der Waals surface area contributed by atoms with Crippen molar-refractivity contribution in [1.29, 1.82) is 0 Å². The Morgan fingerprint density at radius 2 is 1.80 bits per heavy atom. The van der Waals surface area contributed by atoms with E-state index in [1.54, 1.807) is 38.5 Å². The molecule has 3 rings (SSSR count). The SMILES string of the molecule is COc1ccc(/C=C2/N=C(COc3ccccc3)OC2=O)cc1OC. The van der Waals surface area contributed by atoms with Crippen LogP contribution in [0.3, 0.4) is 0 Å². The van der Waals surface area contributed by atoms with E-state index in [-0.39, 0.29) is 18.2 Å². The minimum atomic E-state index is -0.513. The van der Waals surface area contributed by atoms with Gasteiger partial charge in [0, 0.05) is 0 Å². The molecule has 0 bridgehead atoms. The van der Waals surface area contributed by atoms with Crippen molar-refractivity contribution in [2.45, 2.75) is 0 Å². The number of esters is 1. The van der Waals surface area contributed by atoms with Crippen molar-refractivity contribution < 1.29 is 23.7 Å². The van der Waals surface area contributed by atoms with Crippen LogP contribution in [-0.4, -0.2) is 32.7 Å². The number of para-hydroxylation sites is 1. The Morgan fingerprint density at radius 3 is 2.52 bits per heavy atom. The van der Waals surface area contributed by atoms with Crippen molar-refractivity contribution in [2.75, 3.05) is 20.8 Å². The Bertz CT molecular complexity index is 827. The summed E-state index contributed by atoms with van der Waals surface area (Å²) in [5.74, 6) is 1.57. The second-order valence-corrected chi connectivity index (χ2v) is 5.14. The predicted octanol–water partition coefficient (Wildman–Crippen LogP) is 3.08. The average Bonchev–Trinajstić information content (AvgIpc) is 3.00. The molecule has 0 unspecified atom stereocenters. The average molecular weight is 339 g/mol. The van der Waals surface area contributed by atoms with E-state index in [0.29, 0.717) is 17.2 Å². The van der Waals surface area contributed by atoms with E-state index >= 15 is 0 Å². The number of methoxy groups -OCH3 is 2. The summed E-state index contributed by atoms with van der Waals surface area (Å²) in [5, 5.41) is 0. The molecule has 2 aromatic rings. The maximum atomic E-state index is 12.0. The Hall–Kier alpha value is -3.28. The monoisotopic (exact) mass is 339 g/mol. The minimum absolute atomic E-state index is 0.0824. The molecule has 0 radical (unpaired) electrons. The van der Waals surface area contributed by atoms with Gasteiger partial charge in [-0.25, -0.2) is 9.79 Å². The number of cyclic esters (lactones) is 1. The van der Waals surface area contributed by atoms with E-state index in [2.05, 4.69) is 4.99 Å². The zero-order valence-corrected chi connectivity index (χ0v) is 13.9. The molecule has 1 heterocycles. The molecule has 0 N–H and O–H groups in total. The molecule has 1 aliphatic heterocycles. The Labute approximate surface area is 145 Å². The summed E-state index contributed by atoms with van der Waals surface area (Å²) in [4.78, 5) is 16.1. The highest BCUT2D eigenvalue weighted by Crippen LogP contribution is 2.29. The van der Waals surface area contributed by atoms with Crippen molar-refractivity contribution in [1.82, 2.24) is 0 Å². The second kappa shape index (κ2) is 7.53. The van der Waals surface area contributed by atoms with Crippen LogP contribution in [-0.2, 0) is 9.53 Å². The fourth-order valence-electron chi connectivity index (χ4n) is 2.28. The lowest BCUT2D eigenvalue weighted by atomic mass is 10.1. The van der Waals surface area contributed by atoms with E-state index < -0.39 is 5.97 Å². The number of rotatable bonds is 6. The lowest BCUT2D eigenvalue weighted by molar-refractivity contribution is -0.130. The molecule has 6 nitrogen and oxygen atoms in total. The molecule has 0 atom stereocenters. The molecule has 0 fully saturated rings. The van der Waals surface area contributed by atoms with Gasteiger partial charge >= 0.3 is 5.97 Å². The molecule has 0 amide bonds. The minimum Gasteiger partial charge on any atom is -0.493 e. The van der Waals surface area contributed by atoms with Crippen LogP contribution in [0.1, 0.15) is 5.56 Å². The second-order valence-electron chi connectivity index (χ2n) is 5.14. The van der Waals surface area contributed by atoms with E-state index in [1.807, 2.05) is 30.3 Å². The lowest BCUT2D eigenvalue weighted by Crippen LogP contribution is -2.13. The summed E-state index contributed by atoms with van der Waals surface area (Å²) in [7, 11) is 3.11. The van der Waals surface area contributed by atoms with Crippen molar-refractivity contribution in [3.8, 4) is 17.2 Å². The van der Waals surface area contributed by atoms with Crippen molar-refractivity contribution in [3.05, 3.63) is 59.8 Å². The molecule has 0 spiro atoms. The van der Waals surface area contributed by atoms with E-state index in [1.165, 1.54) is 0 Å². The van der Waals surface area contributed by atoms with Gasteiger partial charge in [0.15, 0.2) is 23.8 Å². The van der Waals surface area contributed by atoms with Crippen LogP contribution in [0.5, 0.6) is 17.2 Å². The van der Waals surface area contributed by atoms with Gasteiger partial charge in [-0.05, 0) is 35.9 Å². The Balaban J connectivity index is 1.74. The number of ether oxygens (including phenoxy) is 4. The number of nitrogens with zero attached hydrogens (tertiary/aromatic N) is 1. The molecular formula is C19H17NO5. The zero-order valence-electron chi connectivity index (χ0n) is 13.9. The summed E-state index contributed by atoms with van der Waals surface area (Å²) < 4.78 is 21.1. The first-order valence-electron chi connectivity index (χ1n) is 7.61. The van der Waals surface area contributed by atoms with Crippen LogP contribution in [0.25, 0.3) is 6.08 Å². The standard InChI is InChI=1S/C19H17NO5/c1-22-16-9-8-13(11-17(16)23-2)10-15-19(21)25-18(20-15)12-24-14-6-4-3-5-7-14/h3-11H,12H2,1-2H3/b15-10+. The van der Waals surface area contributed by atoms with Gasteiger partial charge in [0.1, 0.15) is 5.75 Å². The number of carbonyl (C=O) groups excluding carboxylic acids is 1. The molecule has 25 heavy (non-hydrogen) atoms. The first-order chi connectivity index (χ1) is 12.2. The number of hydrogen-bond acceptors (Lipinski definition) is 6. The number of carbonyl (C=O) groups is 1. The van der Waals surface area contributed by atoms with E-state index in [0.717, 1.165) is 5.56 Å². The molecule has 0 aliphatic carbocycles. The summed E-state index contributed by atoms with van der Waals surface area (Å²) in [6, 6.07) is 14.6. The van der Waals surface area contributed by atoms with Crippen LogP contribution in [0.4, 0.5) is 0 Å². The van der Waals surface area contributed by atoms with Gasteiger partial charge in [-0.1, -0.05) is 24.3 Å². The summed E-state index contributed by atoms with van der Waals surface area (Å²) in [6.07, 6.45) is 1.62. The molecule has 128 valence electrons. The van der Waals surface area contributed by atoms with Crippen molar-refractivity contribution in [3.63, 3.8) is 0 Å². The van der Waals surface area contributed by atoms with Gasteiger partial charge in [0.25, 0.3) is 0 Å². The third-order valence-corrected chi connectivity index (χ3v) is 3.48. The lowest BCUT2D eigenvalue weighted by Gasteiger charge is -2.07. The Morgan fingerprint density at radius 1 is 1.04 bits per heavy atom. The number of hydrogen-bond donors (Lipinski definition) is 0. The summed E-state index contributed by atoms with van der Waals surface area (Å²) >= 11 is 0. The molecule has 0 aromatic heterocycles. The van der Waals surface area contributed by atoms with Gasteiger partial charge in [0.05, 0.1) is 14.2 Å². The fourth-order valence-corrected chi connectivity index (χ4v) is 2.28. The first kappa shape index (κ1) is 16.6. The molecule has 1 aliphatic rings. The van der Waals surface area contributed by atoms with Crippen LogP contribution in [0.15, 0.2) is 59.2 Å². The number of benzene rings is 2. The predicted molar refractivity (Wildman–Crippen MR) is 93.0 cm³/mol. The van der Waals surface area contributed by atoms with Gasteiger partial charge in [-0.15, -0.1) is 0 Å². The smallest absolute Gasteiger partial charge is 0.363 e. The maximum absolute atomic E-state index is 12.0. The van der Waals surface area contributed by atoms with E-state index in [4.69, 9.17) is 18.9 Å². The molecule has 0 saturated heterocycles. The van der Waals surface area contributed by atoms with Crippen LogP contribution >= 0.6 is 0 Å². The Kier molecular flexibility index (Phi) is 4.99. The summed E-state index contributed by atoms with van der Waals surface area (Å²) in [6.45, 7) is 0.0824.